The molecule has 0 aliphatic carbocycles. The molecule has 2 rings (SSSR count). The van der Waals surface area contributed by atoms with Gasteiger partial charge in [0.15, 0.2) is 0 Å². The van der Waals surface area contributed by atoms with E-state index >= 15 is 0 Å². The van der Waals surface area contributed by atoms with E-state index in [2.05, 4.69) is 5.32 Å². The largest absolute Gasteiger partial charge is 0.394 e. The molecule has 4 heteroatoms. The van der Waals surface area contributed by atoms with Crippen molar-refractivity contribution >= 4 is 23.2 Å². The van der Waals surface area contributed by atoms with E-state index in [1.165, 1.54) is 0 Å². The van der Waals surface area contributed by atoms with Crippen molar-refractivity contribution in [3.05, 3.63) is 69.7 Å². The fraction of sp³-hybridized carbons (Fsp3) is 0.250. The summed E-state index contributed by atoms with van der Waals surface area (Å²) in [5.74, 6) is 0. The Bertz CT molecular complexity index is 560. The summed E-state index contributed by atoms with van der Waals surface area (Å²) < 4.78 is 0. The standard InChI is InChI=1S/C16H17Cl2NO/c1-11(13-7-8-14(17)15(18)9-13)19-16(10-20)12-5-3-2-4-6-12/h2-9,11,16,19-20H,10H2,1H3. The SMILES string of the molecule is CC(NC(CO)c1ccccc1)c1ccc(Cl)c(Cl)c1. The maximum Gasteiger partial charge on any atom is 0.0626 e. The van der Waals surface area contributed by atoms with Gasteiger partial charge in [-0.1, -0.05) is 59.6 Å². The second kappa shape index (κ2) is 7.09. The summed E-state index contributed by atoms with van der Waals surface area (Å²) in [5, 5.41) is 14.0. The Labute approximate surface area is 129 Å². The van der Waals surface area contributed by atoms with Gasteiger partial charge in [-0.15, -0.1) is 0 Å². The highest BCUT2D eigenvalue weighted by atomic mass is 35.5. The van der Waals surface area contributed by atoms with Crippen molar-refractivity contribution in [2.75, 3.05) is 6.61 Å². The van der Waals surface area contributed by atoms with Crippen molar-refractivity contribution in [1.29, 1.82) is 0 Å². The lowest BCUT2D eigenvalue weighted by atomic mass is 10.0. The number of nitrogens with one attached hydrogen (secondary N) is 1. The lowest BCUT2D eigenvalue weighted by molar-refractivity contribution is 0.235. The minimum absolute atomic E-state index is 0.0374. The molecule has 0 spiro atoms. The minimum atomic E-state index is -0.111. The van der Waals surface area contributed by atoms with Crippen LogP contribution in [-0.2, 0) is 0 Å². The Balaban J connectivity index is 2.13. The molecule has 0 fully saturated rings. The van der Waals surface area contributed by atoms with Crippen LogP contribution in [0.15, 0.2) is 48.5 Å². The third kappa shape index (κ3) is 3.74. The fourth-order valence-corrected chi connectivity index (χ4v) is 2.43. The van der Waals surface area contributed by atoms with Gasteiger partial charge in [0.25, 0.3) is 0 Å². The average molecular weight is 310 g/mol. The Kier molecular flexibility index (Phi) is 5.44. The predicted octanol–water partition coefficient (Wildman–Crippen LogP) is 4.38. The summed E-state index contributed by atoms with van der Waals surface area (Å²) in [7, 11) is 0. The third-order valence-corrected chi connectivity index (χ3v) is 4.02. The van der Waals surface area contributed by atoms with Crippen LogP contribution < -0.4 is 5.32 Å². The number of benzene rings is 2. The fourth-order valence-electron chi connectivity index (χ4n) is 2.12. The van der Waals surface area contributed by atoms with Crippen LogP contribution in [0.4, 0.5) is 0 Å². The van der Waals surface area contributed by atoms with Crippen LogP contribution in [0, 0.1) is 0 Å². The van der Waals surface area contributed by atoms with Crippen molar-refractivity contribution in [2.24, 2.45) is 0 Å². The number of rotatable bonds is 5. The Morgan fingerprint density at radius 2 is 1.70 bits per heavy atom. The quantitative estimate of drug-likeness (QED) is 0.859. The average Bonchev–Trinajstić information content (AvgIpc) is 2.48. The van der Waals surface area contributed by atoms with E-state index in [1.807, 2.05) is 49.4 Å². The molecule has 0 bridgehead atoms. The van der Waals surface area contributed by atoms with Crippen LogP contribution in [0.25, 0.3) is 0 Å². The van der Waals surface area contributed by atoms with Crippen LogP contribution in [0.2, 0.25) is 10.0 Å². The highest BCUT2D eigenvalue weighted by Gasteiger charge is 2.15. The van der Waals surface area contributed by atoms with E-state index in [0.29, 0.717) is 10.0 Å². The molecule has 0 aliphatic rings. The van der Waals surface area contributed by atoms with Crippen molar-refractivity contribution in [1.82, 2.24) is 5.32 Å². The van der Waals surface area contributed by atoms with E-state index in [9.17, 15) is 5.11 Å². The van der Waals surface area contributed by atoms with Gasteiger partial charge in [0.05, 0.1) is 22.7 Å². The van der Waals surface area contributed by atoms with Gasteiger partial charge in [-0.25, -0.2) is 0 Å². The molecular formula is C16H17Cl2NO. The summed E-state index contributed by atoms with van der Waals surface area (Å²) >= 11 is 12.0. The maximum atomic E-state index is 9.56. The highest BCUT2D eigenvalue weighted by Crippen LogP contribution is 2.26. The molecule has 2 nitrogen and oxygen atoms in total. The number of aliphatic hydroxyl groups excluding tert-OH is 1. The summed E-state index contributed by atoms with van der Waals surface area (Å²) in [6.07, 6.45) is 0. The first-order valence-corrected chi connectivity index (χ1v) is 7.24. The molecule has 0 saturated heterocycles. The number of aliphatic hydroxyl groups is 1. The maximum absolute atomic E-state index is 9.56. The van der Waals surface area contributed by atoms with Crippen LogP contribution in [0.5, 0.6) is 0 Å². The molecule has 2 unspecified atom stereocenters. The van der Waals surface area contributed by atoms with Gasteiger partial charge in [0.2, 0.25) is 0 Å². The van der Waals surface area contributed by atoms with E-state index < -0.39 is 0 Å². The monoisotopic (exact) mass is 309 g/mol. The molecule has 20 heavy (non-hydrogen) atoms. The van der Waals surface area contributed by atoms with Crippen molar-refractivity contribution in [2.45, 2.75) is 19.0 Å². The van der Waals surface area contributed by atoms with Crippen molar-refractivity contribution < 1.29 is 5.11 Å². The van der Waals surface area contributed by atoms with Gasteiger partial charge >= 0.3 is 0 Å². The Morgan fingerprint density at radius 3 is 2.30 bits per heavy atom. The van der Waals surface area contributed by atoms with E-state index in [0.717, 1.165) is 11.1 Å². The molecule has 0 amide bonds. The summed E-state index contributed by atoms with van der Waals surface area (Å²) in [4.78, 5) is 0. The van der Waals surface area contributed by atoms with Crippen molar-refractivity contribution in [3.8, 4) is 0 Å². The predicted molar refractivity (Wildman–Crippen MR) is 84.3 cm³/mol. The van der Waals surface area contributed by atoms with Gasteiger partial charge in [0.1, 0.15) is 0 Å². The van der Waals surface area contributed by atoms with Gasteiger partial charge in [-0.3, -0.25) is 0 Å². The zero-order chi connectivity index (χ0) is 14.5. The van der Waals surface area contributed by atoms with Gasteiger partial charge in [-0.2, -0.15) is 0 Å². The molecule has 0 radical (unpaired) electrons. The number of hydrogen-bond donors (Lipinski definition) is 2. The third-order valence-electron chi connectivity index (χ3n) is 3.28. The Hall–Kier alpha value is -1.06. The second-order valence-electron chi connectivity index (χ2n) is 4.71. The molecule has 0 aromatic heterocycles. The smallest absolute Gasteiger partial charge is 0.0626 e. The second-order valence-corrected chi connectivity index (χ2v) is 5.52. The van der Waals surface area contributed by atoms with E-state index in [-0.39, 0.29) is 18.7 Å². The zero-order valence-electron chi connectivity index (χ0n) is 11.2. The lowest BCUT2D eigenvalue weighted by Gasteiger charge is -2.22. The van der Waals surface area contributed by atoms with Gasteiger partial charge in [0, 0.05) is 6.04 Å². The number of halogens is 2. The number of hydrogen-bond acceptors (Lipinski definition) is 2. The summed E-state index contributed by atoms with van der Waals surface area (Å²) in [6.45, 7) is 2.07. The van der Waals surface area contributed by atoms with Crippen LogP contribution in [-0.4, -0.2) is 11.7 Å². The van der Waals surface area contributed by atoms with Crippen LogP contribution in [0.3, 0.4) is 0 Å². The van der Waals surface area contributed by atoms with Gasteiger partial charge in [-0.05, 0) is 30.2 Å². The molecular weight excluding hydrogens is 293 g/mol. The first-order valence-electron chi connectivity index (χ1n) is 6.48. The minimum Gasteiger partial charge on any atom is -0.394 e. The van der Waals surface area contributed by atoms with Crippen molar-refractivity contribution in [3.63, 3.8) is 0 Å². The first kappa shape index (κ1) is 15.3. The summed E-state index contributed by atoms with van der Waals surface area (Å²) in [5.41, 5.74) is 2.09. The zero-order valence-corrected chi connectivity index (χ0v) is 12.7. The lowest BCUT2D eigenvalue weighted by Crippen LogP contribution is -2.27. The molecule has 0 aliphatic heterocycles. The topological polar surface area (TPSA) is 32.3 Å². The van der Waals surface area contributed by atoms with E-state index in [4.69, 9.17) is 23.2 Å². The molecule has 2 atom stereocenters. The van der Waals surface area contributed by atoms with Gasteiger partial charge < -0.3 is 10.4 Å². The molecule has 2 aromatic carbocycles. The van der Waals surface area contributed by atoms with Crippen LogP contribution >= 0.6 is 23.2 Å². The summed E-state index contributed by atoms with van der Waals surface area (Å²) in [6, 6.07) is 15.4. The molecule has 0 saturated carbocycles. The van der Waals surface area contributed by atoms with Crippen LogP contribution in [0.1, 0.15) is 30.1 Å². The first-order chi connectivity index (χ1) is 9.61. The molecule has 2 aromatic rings. The Morgan fingerprint density at radius 1 is 1.00 bits per heavy atom. The molecule has 2 N–H and O–H groups in total. The highest BCUT2D eigenvalue weighted by molar-refractivity contribution is 6.42. The van der Waals surface area contributed by atoms with E-state index in [1.54, 1.807) is 6.07 Å². The normalized spacial score (nSPS) is 14.0. The molecule has 106 valence electrons. The molecule has 0 heterocycles.